The van der Waals surface area contributed by atoms with Gasteiger partial charge in [0.2, 0.25) is 0 Å². The Balaban J connectivity index is 3.43. The molecule has 0 N–H and O–H groups in total. The first-order valence-corrected chi connectivity index (χ1v) is 11.3. The van der Waals surface area contributed by atoms with Gasteiger partial charge >= 0.3 is 0 Å². The van der Waals surface area contributed by atoms with Crippen LogP contribution in [0.25, 0.3) is 0 Å². The lowest BCUT2D eigenvalue weighted by atomic mass is 11.6. The number of nitrogens with zero attached hydrogens (tertiary/aromatic N) is 3. The second-order valence-electron chi connectivity index (χ2n) is 3.39. The van der Waals surface area contributed by atoms with Gasteiger partial charge in [-0.05, 0) is 7.05 Å². The van der Waals surface area contributed by atoms with Crippen LogP contribution in [0.5, 0.6) is 0 Å². The molecule has 3 nitrogen and oxygen atoms in total. The molecule has 0 spiro atoms. The summed E-state index contributed by atoms with van der Waals surface area (Å²) in [6.07, 6.45) is 0. The van der Waals surface area contributed by atoms with Crippen molar-refractivity contribution in [3.63, 3.8) is 0 Å². The van der Waals surface area contributed by atoms with Crippen molar-refractivity contribution in [1.82, 2.24) is 12.0 Å². The summed E-state index contributed by atoms with van der Waals surface area (Å²) < 4.78 is 8.13. The molecule has 0 aliphatic heterocycles. The smallest absolute Gasteiger partial charge is 0.152 e. The van der Waals surface area contributed by atoms with E-state index >= 15 is 0 Å². The predicted molar refractivity (Wildman–Crippen MR) is 72.8 cm³/mol. The molecule has 9 heteroatoms. The van der Waals surface area contributed by atoms with Gasteiger partial charge in [-0.2, -0.15) is 0 Å². The SMILES string of the molecule is C[SiH2]N([SiH3])[SiH2]N([SiH3])[SiH2]N(C)[SiH3]. The molecule has 0 saturated carbocycles. The van der Waals surface area contributed by atoms with E-state index in [1.54, 1.807) is 0 Å². The monoisotopic (exact) mass is 255 g/mol. The van der Waals surface area contributed by atoms with Crippen molar-refractivity contribution >= 4 is 60.6 Å². The zero-order valence-electron chi connectivity index (χ0n) is 8.46. The lowest BCUT2D eigenvalue weighted by Gasteiger charge is -2.25. The Morgan fingerprint density at radius 1 is 1.00 bits per heavy atom. The average molecular weight is 256 g/mol. The highest BCUT2D eigenvalue weighted by Gasteiger charge is 2.02. The lowest BCUT2D eigenvalue weighted by Crippen LogP contribution is -2.46. The first-order valence-electron chi connectivity index (χ1n) is 4.08. The van der Waals surface area contributed by atoms with Gasteiger partial charge in [0, 0.05) is 0 Å². The molecule has 0 aromatic heterocycles. The lowest BCUT2D eigenvalue weighted by molar-refractivity contribution is 0.801. The molecular formula is C2H21N3Si6. The van der Waals surface area contributed by atoms with Crippen molar-refractivity contribution in [2.45, 2.75) is 6.55 Å². The Labute approximate surface area is 86.3 Å². The molecule has 0 radical (unpaired) electrons. The fourth-order valence-electron chi connectivity index (χ4n) is 1.04. The zero-order valence-corrected chi connectivity index (χ0v) is 18.7. The van der Waals surface area contributed by atoms with E-state index in [0.29, 0.717) is 0 Å². The molecule has 0 aliphatic rings. The van der Waals surface area contributed by atoms with E-state index in [0.717, 1.165) is 0 Å². The van der Waals surface area contributed by atoms with Gasteiger partial charge in [-0.15, -0.1) is 0 Å². The van der Waals surface area contributed by atoms with E-state index in [1.807, 2.05) is 0 Å². The average Bonchev–Trinajstić information content (AvgIpc) is 1.85. The van der Waals surface area contributed by atoms with E-state index in [1.165, 1.54) is 31.2 Å². The maximum Gasteiger partial charge on any atom is 0.152 e. The van der Waals surface area contributed by atoms with Gasteiger partial charge in [0.05, 0.1) is 40.9 Å². The summed E-state index contributed by atoms with van der Waals surface area (Å²) in [5.74, 6) is 0. The fraction of sp³-hybridized carbons (Fsp3) is 1.00. The summed E-state index contributed by atoms with van der Waals surface area (Å²) in [7, 11) is 6.62. The van der Waals surface area contributed by atoms with Crippen LogP contribution in [0, 0.1) is 0 Å². The molecule has 0 saturated heterocycles. The van der Waals surface area contributed by atoms with Gasteiger partial charge in [0.25, 0.3) is 0 Å². The first-order chi connectivity index (χ1) is 5.06. The van der Waals surface area contributed by atoms with E-state index in [2.05, 4.69) is 25.6 Å². The Kier molecular flexibility index (Phi) is 7.39. The minimum absolute atomic E-state index is 0.0730. The Morgan fingerprint density at radius 2 is 1.55 bits per heavy atom. The third-order valence-electron chi connectivity index (χ3n) is 1.55. The van der Waals surface area contributed by atoms with Crippen molar-refractivity contribution < 1.29 is 0 Å². The van der Waals surface area contributed by atoms with E-state index in [9.17, 15) is 0 Å². The molecule has 0 fully saturated rings. The van der Waals surface area contributed by atoms with Crippen LogP contribution in [-0.2, 0) is 0 Å². The standard InChI is InChI=1S/C2H21N3Si6/c1-3(6)10-5(8)11-4(7)9-2/h9-11H2,1-2,6-8H3. The van der Waals surface area contributed by atoms with Crippen LogP contribution in [-0.4, -0.2) is 79.7 Å². The summed E-state index contributed by atoms with van der Waals surface area (Å²) in [6, 6.07) is 0. The van der Waals surface area contributed by atoms with E-state index < -0.39 is 0 Å². The number of hydrogen-bond acceptors (Lipinski definition) is 3. The molecule has 0 amide bonds. The molecule has 0 aromatic rings. The Hall–Kier alpha value is 1.18. The predicted octanol–water partition coefficient (Wildman–Crippen LogP) is -6.51. The highest BCUT2D eigenvalue weighted by Crippen LogP contribution is 1.79. The maximum atomic E-state index is 2.80. The van der Waals surface area contributed by atoms with Crippen LogP contribution in [0.3, 0.4) is 0 Å². The van der Waals surface area contributed by atoms with Crippen LogP contribution >= 0.6 is 0 Å². The van der Waals surface area contributed by atoms with Crippen LogP contribution < -0.4 is 0 Å². The minimum Gasteiger partial charge on any atom is -0.374 e. The summed E-state index contributed by atoms with van der Waals surface area (Å²) in [5.41, 5.74) is 0. The van der Waals surface area contributed by atoms with E-state index in [4.69, 9.17) is 0 Å². The van der Waals surface area contributed by atoms with Gasteiger partial charge in [-0.3, -0.25) is 0 Å². The van der Waals surface area contributed by atoms with Gasteiger partial charge < -0.3 is 12.0 Å². The molecule has 68 valence electrons. The minimum atomic E-state index is 0.0730. The molecule has 0 atom stereocenters. The van der Waals surface area contributed by atoms with Crippen LogP contribution in [0.4, 0.5) is 0 Å². The fourth-order valence-corrected chi connectivity index (χ4v) is 21.1. The molecule has 0 aliphatic carbocycles. The first kappa shape index (κ1) is 12.2. The molecule has 0 rings (SSSR count). The molecule has 0 aromatic carbocycles. The molecule has 0 bridgehead atoms. The highest BCUT2D eigenvalue weighted by molar-refractivity contribution is 6.67. The van der Waals surface area contributed by atoms with Crippen molar-refractivity contribution in [3.8, 4) is 0 Å². The van der Waals surface area contributed by atoms with Crippen molar-refractivity contribution in [2.75, 3.05) is 7.05 Å². The highest BCUT2D eigenvalue weighted by atomic mass is 28.4. The molecular weight excluding hydrogens is 235 g/mol. The van der Waals surface area contributed by atoms with Crippen molar-refractivity contribution in [1.29, 1.82) is 0 Å². The third kappa shape index (κ3) is 7.54. The van der Waals surface area contributed by atoms with Crippen molar-refractivity contribution in [2.24, 2.45) is 0 Å². The molecule has 0 unspecified atom stereocenters. The summed E-state index contributed by atoms with van der Waals surface area (Å²) in [4.78, 5) is 0. The third-order valence-corrected chi connectivity index (χ3v) is 13.1. The molecule has 11 heavy (non-hydrogen) atoms. The van der Waals surface area contributed by atoms with E-state index in [-0.39, 0.29) is 29.4 Å². The summed E-state index contributed by atoms with van der Waals surface area (Å²) in [5, 5.41) is 0. The van der Waals surface area contributed by atoms with Crippen molar-refractivity contribution in [3.05, 3.63) is 0 Å². The number of hydrogen-bond donors (Lipinski definition) is 0. The van der Waals surface area contributed by atoms with Gasteiger partial charge in [-0.1, -0.05) is 6.55 Å². The topological polar surface area (TPSA) is 9.72 Å². The van der Waals surface area contributed by atoms with Gasteiger partial charge in [0.1, 0.15) is 9.84 Å². The number of rotatable bonds is 5. The van der Waals surface area contributed by atoms with Gasteiger partial charge in [-0.25, -0.2) is 0 Å². The summed E-state index contributed by atoms with van der Waals surface area (Å²) >= 11 is 0. The van der Waals surface area contributed by atoms with Crippen LogP contribution in [0.2, 0.25) is 6.55 Å². The normalized spacial score (nSPS) is 16.1. The van der Waals surface area contributed by atoms with Crippen LogP contribution in [0.15, 0.2) is 0 Å². The Bertz CT molecular complexity index is 99.8. The quantitative estimate of drug-likeness (QED) is 0.453. The second kappa shape index (κ2) is 6.67. The largest absolute Gasteiger partial charge is 0.374 e. The maximum absolute atomic E-state index is 2.80. The summed E-state index contributed by atoms with van der Waals surface area (Å²) in [6.45, 7) is 2.42. The van der Waals surface area contributed by atoms with Crippen LogP contribution in [0.1, 0.15) is 0 Å². The zero-order chi connectivity index (χ0) is 8.85. The Morgan fingerprint density at radius 3 is 1.91 bits per heavy atom. The van der Waals surface area contributed by atoms with Gasteiger partial charge in [0.15, 0.2) is 9.84 Å². The second-order valence-corrected chi connectivity index (χ2v) is 22.3. The molecule has 0 heterocycles.